The highest BCUT2D eigenvalue weighted by molar-refractivity contribution is 14.0. The Hall–Kier alpha value is -1.55. The maximum atomic E-state index is 12.0. The Bertz CT molecular complexity index is 741. The second-order valence-electron chi connectivity index (χ2n) is 9.18. The van der Waals surface area contributed by atoms with Crippen LogP contribution < -0.4 is 15.5 Å². The van der Waals surface area contributed by atoms with Crippen LogP contribution in [0.1, 0.15) is 26.7 Å². The summed E-state index contributed by atoms with van der Waals surface area (Å²) < 4.78 is 5.91. The number of hydrogen-bond acceptors (Lipinski definition) is 4. The Morgan fingerprint density at radius 1 is 1.23 bits per heavy atom. The van der Waals surface area contributed by atoms with E-state index in [0.717, 1.165) is 38.5 Å². The molecule has 31 heavy (non-hydrogen) atoms. The molecular weight excluding hydrogens is 505 g/mol. The molecule has 0 bridgehead atoms. The molecule has 3 rings (SSSR count). The molecule has 0 radical (unpaired) electrons. The number of hydrogen-bond donors (Lipinski definition) is 2. The van der Waals surface area contributed by atoms with Crippen molar-refractivity contribution in [1.82, 2.24) is 15.5 Å². The van der Waals surface area contributed by atoms with Crippen molar-refractivity contribution in [3.63, 3.8) is 0 Å². The van der Waals surface area contributed by atoms with E-state index in [1.807, 2.05) is 6.07 Å². The van der Waals surface area contributed by atoms with Crippen LogP contribution in [0.2, 0.25) is 0 Å². The molecule has 1 saturated carbocycles. The molecule has 3 unspecified atom stereocenters. The van der Waals surface area contributed by atoms with Gasteiger partial charge in [0.25, 0.3) is 0 Å². The van der Waals surface area contributed by atoms with Gasteiger partial charge in [-0.05, 0) is 25.0 Å². The first kappa shape index (κ1) is 25.7. The molecule has 1 aliphatic heterocycles. The monoisotopic (exact) mass is 543 g/mol. The average molecular weight is 543 g/mol. The van der Waals surface area contributed by atoms with Crippen molar-refractivity contribution in [2.75, 3.05) is 52.3 Å². The van der Waals surface area contributed by atoms with Crippen LogP contribution in [0.3, 0.4) is 0 Å². The minimum absolute atomic E-state index is 0. The molecule has 1 aliphatic carbocycles. The predicted octanol–water partition coefficient (Wildman–Crippen LogP) is 2.57. The number of benzene rings is 1. The summed E-state index contributed by atoms with van der Waals surface area (Å²) in [5.74, 6) is 1.23. The van der Waals surface area contributed by atoms with E-state index in [1.165, 1.54) is 5.69 Å². The van der Waals surface area contributed by atoms with Gasteiger partial charge in [-0.3, -0.25) is 4.79 Å². The lowest BCUT2D eigenvalue weighted by atomic mass is 9.57. The van der Waals surface area contributed by atoms with Crippen molar-refractivity contribution in [1.29, 1.82) is 0 Å². The topological polar surface area (TPSA) is 69.2 Å². The van der Waals surface area contributed by atoms with Crippen molar-refractivity contribution in [3.05, 3.63) is 30.3 Å². The third-order valence-electron chi connectivity index (χ3n) is 6.42. The number of ether oxygens (including phenoxy) is 1. The number of rotatable bonds is 8. The van der Waals surface area contributed by atoms with Crippen molar-refractivity contribution in [2.45, 2.75) is 38.8 Å². The number of para-hydroxylation sites is 1. The summed E-state index contributed by atoms with van der Waals surface area (Å²) in [5, 5.41) is 7.04. The van der Waals surface area contributed by atoms with E-state index in [2.05, 4.69) is 65.7 Å². The lowest BCUT2D eigenvalue weighted by Crippen LogP contribution is -2.68. The maximum Gasteiger partial charge on any atom is 0.243 e. The summed E-state index contributed by atoms with van der Waals surface area (Å²) in [6.07, 6.45) is 2.37. The molecule has 1 aromatic rings. The maximum absolute atomic E-state index is 12.0. The Morgan fingerprint density at radius 2 is 1.94 bits per heavy atom. The number of carbonyl (C=O) groups is 1. The minimum Gasteiger partial charge on any atom is -0.377 e. The molecule has 2 fully saturated rings. The third kappa shape index (κ3) is 6.25. The van der Waals surface area contributed by atoms with Crippen molar-refractivity contribution in [3.8, 4) is 0 Å². The van der Waals surface area contributed by atoms with Gasteiger partial charge in [-0.25, -0.2) is 4.99 Å². The van der Waals surface area contributed by atoms with Gasteiger partial charge in [0.05, 0.1) is 6.10 Å². The van der Waals surface area contributed by atoms with E-state index < -0.39 is 0 Å². The van der Waals surface area contributed by atoms with Gasteiger partial charge in [0.2, 0.25) is 5.91 Å². The van der Waals surface area contributed by atoms with Gasteiger partial charge >= 0.3 is 0 Å². The van der Waals surface area contributed by atoms with Crippen LogP contribution in [0.15, 0.2) is 35.3 Å². The lowest BCUT2D eigenvalue weighted by Gasteiger charge is -2.54. The van der Waals surface area contributed by atoms with Gasteiger partial charge < -0.3 is 25.2 Å². The number of amides is 1. The van der Waals surface area contributed by atoms with Crippen LogP contribution in [0, 0.1) is 11.3 Å². The number of aliphatic imine (C=N–C) groups is 1. The number of fused-ring (bicyclic) bond motifs is 1. The fourth-order valence-electron chi connectivity index (χ4n) is 4.54. The highest BCUT2D eigenvalue weighted by Crippen LogP contribution is 2.52. The zero-order valence-corrected chi connectivity index (χ0v) is 21.8. The number of carbonyl (C=O) groups excluding carboxylic acids is 1. The average Bonchev–Trinajstić information content (AvgIpc) is 3.19. The van der Waals surface area contributed by atoms with Gasteiger partial charge in [0, 0.05) is 63.9 Å². The zero-order valence-electron chi connectivity index (χ0n) is 19.4. The number of nitrogens with zero attached hydrogens (tertiary/aromatic N) is 3. The first-order valence-corrected chi connectivity index (χ1v) is 10.9. The summed E-state index contributed by atoms with van der Waals surface area (Å²) >= 11 is 0. The van der Waals surface area contributed by atoms with Gasteiger partial charge in [-0.2, -0.15) is 0 Å². The molecule has 0 aromatic heterocycles. The van der Waals surface area contributed by atoms with Crippen LogP contribution >= 0.6 is 24.0 Å². The molecule has 174 valence electrons. The van der Waals surface area contributed by atoms with Gasteiger partial charge in [-0.1, -0.05) is 32.0 Å². The summed E-state index contributed by atoms with van der Waals surface area (Å²) in [6.45, 7) is 7.19. The molecular formula is C23H38IN5O2. The Balaban J connectivity index is 0.00000341. The highest BCUT2D eigenvalue weighted by Gasteiger charge is 2.59. The van der Waals surface area contributed by atoms with Crippen LogP contribution in [0.5, 0.6) is 0 Å². The summed E-state index contributed by atoms with van der Waals surface area (Å²) in [7, 11) is 5.62. The normalized spacial score (nSPS) is 23.8. The lowest BCUT2D eigenvalue weighted by molar-refractivity contribution is -0.127. The Kier molecular flexibility index (Phi) is 9.42. The molecule has 7 nitrogen and oxygen atoms in total. The molecule has 1 saturated heterocycles. The molecule has 1 amide bonds. The Labute approximate surface area is 204 Å². The molecule has 2 N–H and O–H groups in total. The SMILES string of the molecule is CN(C)C(=O)CN=C(NCCCN(C)c1ccccc1)NC1C2CCOC2C1(C)C.I. The predicted molar refractivity (Wildman–Crippen MR) is 137 cm³/mol. The van der Waals surface area contributed by atoms with Crippen molar-refractivity contribution >= 4 is 41.5 Å². The van der Waals surface area contributed by atoms with Crippen LogP contribution in [-0.4, -0.2) is 76.3 Å². The molecule has 1 heterocycles. The van der Waals surface area contributed by atoms with Crippen molar-refractivity contribution < 1.29 is 9.53 Å². The van der Waals surface area contributed by atoms with Crippen LogP contribution in [0.25, 0.3) is 0 Å². The van der Waals surface area contributed by atoms with Crippen LogP contribution in [0.4, 0.5) is 5.69 Å². The Morgan fingerprint density at radius 3 is 2.61 bits per heavy atom. The van der Waals surface area contributed by atoms with E-state index in [9.17, 15) is 4.79 Å². The van der Waals surface area contributed by atoms with E-state index in [-0.39, 0.29) is 41.8 Å². The second-order valence-corrected chi connectivity index (χ2v) is 9.18. The smallest absolute Gasteiger partial charge is 0.243 e. The molecule has 0 spiro atoms. The zero-order chi connectivity index (χ0) is 21.7. The molecule has 8 heteroatoms. The molecule has 3 atom stereocenters. The summed E-state index contributed by atoms with van der Waals surface area (Å²) in [6, 6.07) is 10.7. The number of nitrogens with one attached hydrogen (secondary N) is 2. The number of guanidine groups is 1. The minimum atomic E-state index is -0.00476. The summed E-state index contributed by atoms with van der Waals surface area (Å²) in [4.78, 5) is 20.4. The molecule has 2 aliphatic rings. The van der Waals surface area contributed by atoms with E-state index in [1.54, 1.807) is 19.0 Å². The first-order chi connectivity index (χ1) is 14.3. The van der Waals surface area contributed by atoms with E-state index in [0.29, 0.717) is 18.1 Å². The third-order valence-corrected chi connectivity index (χ3v) is 6.42. The standard InChI is InChI=1S/C23H37N5O2.HI/c1-23(2)20(18-12-15-30-21(18)23)26-22(25-16-19(29)27(3)4)24-13-9-14-28(5)17-10-7-6-8-11-17;/h6-8,10-11,18,20-21H,9,12-16H2,1-5H3,(H2,24,25,26);1H. The van der Waals surface area contributed by atoms with E-state index >= 15 is 0 Å². The second kappa shape index (κ2) is 11.4. The highest BCUT2D eigenvalue weighted by atomic mass is 127. The first-order valence-electron chi connectivity index (χ1n) is 10.9. The van der Waals surface area contributed by atoms with Crippen molar-refractivity contribution in [2.24, 2.45) is 16.3 Å². The van der Waals surface area contributed by atoms with Gasteiger partial charge in [0.15, 0.2) is 5.96 Å². The number of halogens is 1. The fraction of sp³-hybridized carbons (Fsp3) is 0.652. The van der Waals surface area contributed by atoms with Gasteiger partial charge in [0.1, 0.15) is 6.54 Å². The summed E-state index contributed by atoms with van der Waals surface area (Å²) in [5.41, 5.74) is 1.27. The number of likely N-dealkylation sites (N-methyl/N-ethyl adjacent to an activating group) is 1. The largest absolute Gasteiger partial charge is 0.377 e. The quantitative estimate of drug-likeness (QED) is 0.229. The number of anilines is 1. The molecule has 1 aromatic carbocycles. The van der Waals surface area contributed by atoms with E-state index in [4.69, 9.17) is 4.74 Å². The van der Waals surface area contributed by atoms with Gasteiger partial charge in [-0.15, -0.1) is 24.0 Å². The van der Waals surface area contributed by atoms with Crippen LogP contribution in [-0.2, 0) is 9.53 Å². The fourth-order valence-corrected chi connectivity index (χ4v) is 4.54.